The van der Waals surface area contributed by atoms with Crippen molar-refractivity contribution in [2.45, 2.75) is 52.4 Å². The van der Waals surface area contributed by atoms with E-state index in [2.05, 4.69) is 60.6 Å². The van der Waals surface area contributed by atoms with Crippen molar-refractivity contribution in [2.24, 2.45) is 5.92 Å². The number of unbranched alkanes of at least 4 members (excludes halogenated alkanes) is 2. The third-order valence-electron chi connectivity index (χ3n) is 5.86. The van der Waals surface area contributed by atoms with Crippen molar-refractivity contribution >= 4 is 12.0 Å². The van der Waals surface area contributed by atoms with Gasteiger partial charge in [-0.2, -0.15) is 0 Å². The van der Waals surface area contributed by atoms with Crippen LogP contribution < -0.4 is 5.32 Å². The first-order valence-corrected chi connectivity index (χ1v) is 11.8. The van der Waals surface area contributed by atoms with E-state index in [1.807, 2.05) is 13.0 Å². The van der Waals surface area contributed by atoms with E-state index in [0.717, 1.165) is 50.9 Å². The minimum atomic E-state index is 0.0698. The molecular formula is C28H40N2O. The van der Waals surface area contributed by atoms with Crippen LogP contribution in [0.25, 0.3) is 6.08 Å². The number of hydrogen-bond donors (Lipinski definition) is 1. The second-order valence-electron chi connectivity index (χ2n) is 8.65. The van der Waals surface area contributed by atoms with Crippen molar-refractivity contribution in [2.75, 3.05) is 26.2 Å². The number of allylic oxidation sites excluding steroid dienone is 2. The number of carbonyl (C=O) groups excluding carboxylic acids is 1. The molecular weight excluding hydrogens is 380 g/mol. The molecule has 1 heterocycles. The molecule has 1 fully saturated rings. The van der Waals surface area contributed by atoms with Crippen LogP contribution >= 0.6 is 0 Å². The van der Waals surface area contributed by atoms with Gasteiger partial charge in [0.25, 0.3) is 5.91 Å². The fourth-order valence-electron chi connectivity index (χ4n) is 4.11. The lowest BCUT2D eigenvalue weighted by atomic mass is 9.95. The summed E-state index contributed by atoms with van der Waals surface area (Å²) < 4.78 is 0. The highest BCUT2D eigenvalue weighted by molar-refractivity contribution is 5.98. The summed E-state index contributed by atoms with van der Waals surface area (Å²) in [4.78, 5) is 15.6. The second kappa shape index (κ2) is 13.8. The molecule has 0 spiro atoms. The number of amides is 1. The SMILES string of the molecule is C=C/C=C(\C(=C)C)C(=O)N(C/C(=C/c1ccccc1)CCCCC)CC1CCNCC1. The highest BCUT2D eigenvalue weighted by atomic mass is 16.2. The van der Waals surface area contributed by atoms with Crippen LogP contribution in [0.2, 0.25) is 0 Å². The normalized spacial score (nSPS) is 15.5. The molecule has 0 unspecified atom stereocenters. The molecule has 0 radical (unpaired) electrons. The monoisotopic (exact) mass is 420 g/mol. The Morgan fingerprint density at radius 1 is 1.19 bits per heavy atom. The van der Waals surface area contributed by atoms with Crippen LogP contribution in [0.15, 0.2) is 72.4 Å². The van der Waals surface area contributed by atoms with Crippen LogP contribution in [0.5, 0.6) is 0 Å². The number of nitrogens with one attached hydrogen (secondary N) is 1. The summed E-state index contributed by atoms with van der Waals surface area (Å²) in [5, 5.41) is 3.43. The van der Waals surface area contributed by atoms with Crippen LogP contribution in [0, 0.1) is 5.92 Å². The Bertz CT molecular complexity index is 769. The van der Waals surface area contributed by atoms with Gasteiger partial charge in [0.15, 0.2) is 0 Å². The maximum absolute atomic E-state index is 13.6. The molecule has 0 saturated carbocycles. The molecule has 1 aliphatic rings. The standard InChI is InChI=1S/C28H40N2O/c1-5-7-9-15-26(20-24-13-10-8-11-14-24)22-30(21-25-16-18-29-19-17-25)28(31)27(12-6-2)23(3)4/h6,8,10-14,20,25,29H,2-3,5,7,9,15-19,21-22H2,1,4H3/b26-20+,27-12+. The molecule has 1 aromatic rings. The summed E-state index contributed by atoms with van der Waals surface area (Å²) in [6.07, 6.45) is 12.6. The lowest BCUT2D eigenvalue weighted by molar-refractivity contribution is -0.127. The lowest BCUT2D eigenvalue weighted by Gasteiger charge is -2.32. The number of hydrogen-bond acceptors (Lipinski definition) is 2. The van der Waals surface area contributed by atoms with Gasteiger partial charge in [-0.15, -0.1) is 0 Å². The number of rotatable bonds is 12. The quantitative estimate of drug-likeness (QED) is 0.249. The summed E-state index contributed by atoms with van der Waals surface area (Å²) in [6, 6.07) is 10.4. The van der Waals surface area contributed by atoms with E-state index in [1.165, 1.54) is 24.0 Å². The van der Waals surface area contributed by atoms with E-state index in [-0.39, 0.29) is 5.91 Å². The van der Waals surface area contributed by atoms with Crippen LogP contribution in [0.1, 0.15) is 57.9 Å². The molecule has 168 valence electrons. The van der Waals surface area contributed by atoms with Gasteiger partial charge in [0.1, 0.15) is 0 Å². The molecule has 2 rings (SSSR count). The molecule has 0 bridgehead atoms. The molecule has 1 aliphatic heterocycles. The van der Waals surface area contributed by atoms with Crippen molar-refractivity contribution in [1.29, 1.82) is 0 Å². The molecule has 3 heteroatoms. The number of benzene rings is 1. The molecule has 3 nitrogen and oxygen atoms in total. The fraction of sp³-hybridized carbons (Fsp3) is 0.464. The van der Waals surface area contributed by atoms with Crippen LogP contribution in [0.3, 0.4) is 0 Å². The first-order chi connectivity index (χ1) is 15.0. The van der Waals surface area contributed by atoms with E-state index in [4.69, 9.17) is 0 Å². The highest BCUT2D eigenvalue weighted by Crippen LogP contribution is 2.22. The molecule has 0 atom stereocenters. The minimum absolute atomic E-state index is 0.0698. The first kappa shape index (κ1) is 24.9. The summed E-state index contributed by atoms with van der Waals surface area (Å²) in [5.41, 5.74) is 3.97. The average Bonchev–Trinajstić information content (AvgIpc) is 2.78. The predicted octanol–water partition coefficient (Wildman–Crippen LogP) is 6.17. The molecule has 1 amide bonds. The first-order valence-electron chi connectivity index (χ1n) is 11.8. The van der Waals surface area contributed by atoms with Gasteiger partial charge in [0.05, 0.1) is 0 Å². The van der Waals surface area contributed by atoms with Gasteiger partial charge in [0, 0.05) is 18.7 Å². The number of nitrogens with zero attached hydrogens (tertiary/aromatic N) is 1. The van der Waals surface area contributed by atoms with Crippen molar-refractivity contribution in [3.05, 3.63) is 77.9 Å². The Kier molecular flexibility index (Phi) is 11.1. The van der Waals surface area contributed by atoms with Gasteiger partial charge in [-0.3, -0.25) is 4.79 Å². The van der Waals surface area contributed by atoms with Crippen molar-refractivity contribution in [3.63, 3.8) is 0 Å². The zero-order valence-electron chi connectivity index (χ0n) is 19.5. The second-order valence-corrected chi connectivity index (χ2v) is 8.65. The van der Waals surface area contributed by atoms with Crippen LogP contribution in [0.4, 0.5) is 0 Å². The van der Waals surface area contributed by atoms with Crippen molar-refractivity contribution in [3.8, 4) is 0 Å². The van der Waals surface area contributed by atoms with Crippen LogP contribution in [-0.2, 0) is 4.79 Å². The topological polar surface area (TPSA) is 32.3 Å². The van der Waals surface area contributed by atoms with Crippen LogP contribution in [-0.4, -0.2) is 37.0 Å². The minimum Gasteiger partial charge on any atom is -0.334 e. The summed E-state index contributed by atoms with van der Waals surface area (Å²) in [5.74, 6) is 0.606. The Morgan fingerprint density at radius 3 is 2.52 bits per heavy atom. The zero-order chi connectivity index (χ0) is 22.5. The fourth-order valence-corrected chi connectivity index (χ4v) is 4.11. The predicted molar refractivity (Wildman–Crippen MR) is 134 cm³/mol. The lowest BCUT2D eigenvalue weighted by Crippen LogP contribution is -2.41. The maximum atomic E-state index is 13.6. The Hall–Kier alpha value is -2.39. The van der Waals surface area contributed by atoms with E-state index >= 15 is 0 Å². The Labute approximate surface area is 189 Å². The van der Waals surface area contributed by atoms with Gasteiger partial charge in [0.2, 0.25) is 0 Å². The van der Waals surface area contributed by atoms with E-state index in [0.29, 0.717) is 18.0 Å². The van der Waals surface area contributed by atoms with Gasteiger partial charge in [-0.1, -0.05) is 81.0 Å². The number of carbonyl (C=O) groups is 1. The van der Waals surface area contributed by atoms with E-state index < -0.39 is 0 Å². The zero-order valence-corrected chi connectivity index (χ0v) is 19.5. The average molecular weight is 421 g/mol. The third kappa shape index (κ3) is 8.70. The van der Waals surface area contributed by atoms with E-state index in [1.54, 1.807) is 12.2 Å². The highest BCUT2D eigenvalue weighted by Gasteiger charge is 2.24. The third-order valence-corrected chi connectivity index (χ3v) is 5.86. The largest absolute Gasteiger partial charge is 0.334 e. The maximum Gasteiger partial charge on any atom is 0.254 e. The Morgan fingerprint density at radius 2 is 1.90 bits per heavy atom. The molecule has 1 N–H and O–H groups in total. The summed E-state index contributed by atoms with van der Waals surface area (Å²) in [7, 11) is 0. The van der Waals surface area contributed by atoms with Gasteiger partial charge in [-0.25, -0.2) is 0 Å². The van der Waals surface area contributed by atoms with Gasteiger partial charge >= 0.3 is 0 Å². The number of piperidine rings is 1. The van der Waals surface area contributed by atoms with Gasteiger partial charge in [-0.05, 0) is 68.8 Å². The molecule has 0 aromatic heterocycles. The Balaban J connectivity index is 2.30. The molecule has 0 aliphatic carbocycles. The van der Waals surface area contributed by atoms with Crippen molar-refractivity contribution < 1.29 is 4.79 Å². The van der Waals surface area contributed by atoms with Crippen molar-refractivity contribution in [1.82, 2.24) is 10.2 Å². The van der Waals surface area contributed by atoms with Gasteiger partial charge < -0.3 is 10.2 Å². The van der Waals surface area contributed by atoms with E-state index in [9.17, 15) is 4.79 Å². The molecule has 31 heavy (non-hydrogen) atoms. The molecule has 1 saturated heterocycles. The smallest absolute Gasteiger partial charge is 0.254 e. The molecule has 1 aromatic carbocycles. The summed E-state index contributed by atoms with van der Waals surface area (Å²) in [6.45, 7) is 15.5. The summed E-state index contributed by atoms with van der Waals surface area (Å²) >= 11 is 0.